The number of phenols is 1. The summed E-state index contributed by atoms with van der Waals surface area (Å²) in [5.41, 5.74) is 4.25. The zero-order valence-electron chi connectivity index (χ0n) is 14.4. The summed E-state index contributed by atoms with van der Waals surface area (Å²) in [6.07, 6.45) is 0. The van der Waals surface area contributed by atoms with Crippen LogP contribution in [0.3, 0.4) is 0 Å². The first kappa shape index (κ1) is 17.8. The number of thiazole rings is 1. The summed E-state index contributed by atoms with van der Waals surface area (Å²) < 4.78 is 11.0. The van der Waals surface area contributed by atoms with Crippen LogP contribution in [0.1, 0.15) is 21.6 Å². The molecule has 0 bridgehead atoms. The number of aromatic hydroxyl groups is 1. The Morgan fingerprint density at radius 2 is 2.08 bits per heavy atom. The number of ether oxygens (including phenoxy) is 2. The van der Waals surface area contributed by atoms with Crippen molar-refractivity contribution in [2.24, 2.45) is 0 Å². The van der Waals surface area contributed by atoms with Crippen LogP contribution < -0.4 is 14.8 Å². The molecule has 1 amide bonds. The van der Waals surface area contributed by atoms with Gasteiger partial charge in [-0.05, 0) is 42.8 Å². The fourth-order valence-electron chi connectivity index (χ4n) is 2.33. The van der Waals surface area contributed by atoms with Crippen LogP contribution in [0.15, 0.2) is 47.3 Å². The molecule has 0 unspecified atom stereocenters. The van der Waals surface area contributed by atoms with E-state index in [0.29, 0.717) is 29.4 Å². The summed E-state index contributed by atoms with van der Waals surface area (Å²) in [5.74, 6) is 0.631. The van der Waals surface area contributed by atoms with E-state index < -0.39 is 0 Å². The number of amides is 1. The van der Waals surface area contributed by atoms with Crippen LogP contribution in [-0.2, 0) is 6.61 Å². The lowest BCUT2D eigenvalue weighted by atomic mass is 10.1. The molecule has 0 fully saturated rings. The lowest BCUT2D eigenvalue weighted by Crippen LogP contribution is -2.12. The van der Waals surface area contributed by atoms with E-state index in [0.717, 1.165) is 11.3 Å². The number of carbonyl (C=O) groups excluding carboxylic acids is 1. The number of methoxy groups -OCH3 is 1. The Labute approximate surface area is 155 Å². The van der Waals surface area contributed by atoms with Crippen molar-refractivity contribution in [1.29, 1.82) is 0 Å². The third-order valence-corrected chi connectivity index (χ3v) is 4.32. The molecule has 1 aromatic heterocycles. The first-order valence-electron chi connectivity index (χ1n) is 7.85. The average molecular weight is 370 g/mol. The minimum atomic E-state index is -0.352. The molecule has 0 saturated carbocycles. The van der Waals surface area contributed by atoms with Crippen LogP contribution in [0, 0.1) is 6.92 Å². The number of nitrogens with one attached hydrogen (secondary N) is 1. The smallest absolute Gasteiger partial charge is 0.255 e. The largest absolute Gasteiger partial charge is 0.506 e. The first-order chi connectivity index (χ1) is 12.6. The van der Waals surface area contributed by atoms with Crippen molar-refractivity contribution in [1.82, 2.24) is 4.98 Å². The summed E-state index contributed by atoms with van der Waals surface area (Å²) in [7, 11) is 1.51. The number of benzene rings is 2. The van der Waals surface area contributed by atoms with Crippen LogP contribution in [0.25, 0.3) is 0 Å². The molecule has 134 valence electrons. The molecule has 3 rings (SSSR count). The molecule has 0 spiro atoms. The Bertz CT molecular complexity index is 910. The lowest BCUT2D eigenvalue weighted by molar-refractivity contribution is 0.102. The Balaban J connectivity index is 1.75. The second kappa shape index (κ2) is 7.88. The molecule has 0 saturated heterocycles. The Morgan fingerprint density at radius 3 is 2.81 bits per heavy atom. The molecular weight excluding hydrogens is 352 g/mol. The number of carbonyl (C=O) groups is 1. The van der Waals surface area contributed by atoms with Gasteiger partial charge in [0.25, 0.3) is 5.91 Å². The molecule has 0 radical (unpaired) electrons. The van der Waals surface area contributed by atoms with Gasteiger partial charge in [0.05, 0.1) is 24.0 Å². The van der Waals surface area contributed by atoms with Crippen molar-refractivity contribution in [3.8, 4) is 17.2 Å². The van der Waals surface area contributed by atoms with E-state index in [1.54, 1.807) is 41.9 Å². The maximum atomic E-state index is 12.5. The van der Waals surface area contributed by atoms with Gasteiger partial charge in [-0.1, -0.05) is 6.07 Å². The number of aromatic nitrogens is 1. The van der Waals surface area contributed by atoms with Gasteiger partial charge in [0.15, 0.2) is 11.5 Å². The van der Waals surface area contributed by atoms with E-state index >= 15 is 0 Å². The standard InChI is InChI=1S/C19H18N2O4S/c1-12-3-5-16(22)15(7-12)21-19(23)13-4-6-17(18(8-13)24-2)25-9-14-10-26-11-20-14/h3-8,10-11,22H,9H2,1-2H3,(H,21,23). The highest BCUT2D eigenvalue weighted by Gasteiger charge is 2.13. The summed E-state index contributed by atoms with van der Waals surface area (Å²) in [6.45, 7) is 2.20. The minimum Gasteiger partial charge on any atom is -0.506 e. The highest BCUT2D eigenvalue weighted by Crippen LogP contribution is 2.30. The molecule has 6 nitrogen and oxygen atoms in total. The van der Waals surface area contributed by atoms with Gasteiger partial charge in [-0.25, -0.2) is 4.98 Å². The van der Waals surface area contributed by atoms with Gasteiger partial charge in [0, 0.05) is 10.9 Å². The molecule has 2 N–H and O–H groups in total. The quantitative estimate of drug-likeness (QED) is 0.641. The third kappa shape index (κ3) is 4.12. The third-order valence-electron chi connectivity index (χ3n) is 3.69. The summed E-state index contributed by atoms with van der Waals surface area (Å²) in [5, 5.41) is 14.5. The lowest BCUT2D eigenvalue weighted by Gasteiger charge is -2.12. The Morgan fingerprint density at radius 1 is 1.23 bits per heavy atom. The monoisotopic (exact) mass is 370 g/mol. The van der Waals surface area contributed by atoms with Crippen molar-refractivity contribution in [2.75, 3.05) is 12.4 Å². The molecule has 0 aliphatic heterocycles. The van der Waals surface area contributed by atoms with Crippen molar-refractivity contribution in [3.63, 3.8) is 0 Å². The van der Waals surface area contributed by atoms with Gasteiger partial charge in [0.2, 0.25) is 0 Å². The number of anilines is 1. The average Bonchev–Trinajstić information content (AvgIpc) is 3.16. The normalized spacial score (nSPS) is 10.4. The molecule has 0 aliphatic rings. The van der Waals surface area contributed by atoms with Crippen molar-refractivity contribution in [2.45, 2.75) is 13.5 Å². The number of nitrogens with zero attached hydrogens (tertiary/aromatic N) is 1. The number of hydrogen-bond acceptors (Lipinski definition) is 6. The second-order valence-electron chi connectivity index (χ2n) is 5.61. The van der Waals surface area contributed by atoms with E-state index in [1.165, 1.54) is 18.4 Å². The van der Waals surface area contributed by atoms with Gasteiger partial charge in [0.1, 0.15) is 12.4 Å². The molecule has 2 aromatic carbocycles. The van der Waals surface area contributed by atoms with Gasteiger partial charge in [-0.3, -0.25) is 4.79 Å². The molecule has 3 aromatic rings. The SMILES string of the molecule is COc1cc(C(=O)Nc2cc(C)ccc2O)ccc1OCc1cscn1. The van der Waals surface area contributed by atoms with Crippen LogP contribution in [0.4, 0.5) is 5.69 Å². The molecule has 0 aliphatic carbocycles. The highest BCUT2D eigenvalue weighted by molar-refractivity contribution is 7.07. The molecule has 7 heteroatoms. The topological polar surface area (TPSA) is 80.7 Å². The predicted molar refractivity (Wildman–Crippen MR) is 100 cm³/mol. The van der Waals surface area contributed by atoms with Gasteiger partial charge < -0.3 is 19.9 Å². The zero-order valence-corrected chi connectivity index (χ0v) is 15.2. The molecular formula is C19H18N2O4S. The van der Waals surface area contributed by atoms with Gasteiger partial charge >= 0.3 is 0 Å². The minimum absolute atomic E-state index is 0.0131. The van der Waals surface area contributed by atoms with Crippen LogP contribution in [0.5, 0.6) is 17.2 Å². The number of hydrogen-bond donors (Lipinski definition) is 2. The van der Waals surface area contributed by atoms with Gasteiger partial charge in [-0.15, -0.1) is 11.3 Å². The summed E-state index contributed by atoms with van der Waals surface area (Å²) >= 11 is 1.50. The van der Waals surface area contributed by atoms with E-state index in [4.69, 9.17) is 9.47 Å². The zero-order chi connectivity index (χ0) is 18.5. The maximum absolute atomic E-state index is 12.5. The fraction of sp³-hybridized carbons (Fsp3) is 0.158. The number of rotatable bonds is 6. The van der Waals surface area contributed by atoms with Crippen LogP contribution in [0.2, 0.25) is 0 Å². The van der Waals surface area contributed by atoms with Crippen molar-refractivity contribution >= 4 is 22.9 Å². The molecule has 0 atom stereocenters. The molecule has 1 heterocycles. The van der Waals surface area contributed by atoms with Crippen molar-refractivity contribution < 1.29 is 19.4 Å². The van der Waals surface area contributed by atoms with E-state index in [2.05, 4.69) is 10.3 Å². The van der Waals surface area contributed by atoms with Gasteiger partial charge in [-0.2, -0.15) is 0 Å². The molecule has 26 heavy (non-hydrogen) atoms. The van der Waals surface area contributed by atoms with Crippen LogP contribution >= 0.6 is 11.3 Å². The number of phenolic OH excluding ortho intramolecular Hbond substituents is 1. The maximum Gasteiger partial charge on any atom is 0.255 e. The Hall–Kier alpha value is -3.06. The van der Waals surface area contributed by atoms with E-state index in [9.17, 15) is 9.90 Å². The Kier molecular flexibility index (Phi) is 5.38. The first-order valence-corrected chi connectivity index (χ1v) is 8.80. The highest BCUT2D eigenvalue weighted by atomic mass is 32.1. The van der Waals surface area contributed by atoms with Crippen LogP contribution in [-0.4, -0.2) is 23.1 Å². The van der Waals surface area contributed by atoms with Crippen molar-refractivity contribution in [3.05, 3.63) is 64.1 Å². The van der Waals surface area contributed by atoms with E-state index in [1.807, 2.05) is 12.3 Å². The van der Waals surface area contributed by atoms with E-state index in [-0.39, 0.29) is 11.7 Å². The summed E-state index contributed by atoms with van der Waals surface area (Å²) in [4.78, 5) is 16.6. The second-order valence-corrected chi connectivity index (χ2v) is 6.33. The summed E-state index contributed by atoms with van der Waals surface area (Å²) in [6, 6.07) is 9.93. The predicted octanol–water partition coefficient (Wildman–Crippen LogP) is 4.00. The number of aryl methyl sites for hydroxylation is 1. The fourth-order valence-corrected chi connectivity index (χ4v) is 2.88.